The zero-order valence-electron chi connectivity index (χ0n) is 13.6. The van der Waals surface area contributed by atoms with Crippen LogP contribution in [-0.4, -0.2) is 13.1 Å². The van der Waals surface area contributed by atoms with Crippen LogP contribution in [0.2, 0.25) is 0 Å². The van der Waals surface area contributed by atoms with Crippen LogP contribution >= 0.6 is 0 Å². The van der Waals surface area contributed by atoms with Crippen molar-refractivity contribution in [2.45, 2.75) is 6.61 Å². The summed E-state index contributed by atoms with van der Waals surface area (Å²) in [5.74, 6) is 0.876. The van der Waals surface area contributed by atoms with E-state index >= 15 is 0 Å². The van der Waals surface area contributed by atoms with Crippen molar-refractivity contribution in [3.63, 3.8) is 0 Å². The molecule has 2 N–H and O–H groups in total. The molecule has 0 bridgehead atoms. The fraction of sp³-hybridized carbons (Fsp3) is 0.143. The van der Waals surface area contributed by atoms with Crippen molar-refractivity contribution in [3.8, 4) is 5.75 Å². The second-order valence-electron chi connectivity index (χ2n) is 5.49. The van der Waals surface area contributed by atoms with E-state index in [4.69, 9.17) is 4.74 Å². The van der Waals surface area contributed by atoms with Crippen LogP contribution in [-0.2, 0) is 6.61 Å². The Morgan fingerprint density at radius 3 is 2.04 bits per heavy atom. The summed E-state index contributed by atoms with van der Waals surface area (Å²) in [5, 5.41) is 6.82. The monoisotopic (exact) mass is 318 g/mol. The predicted molar refractivity (Wildman–Crippen MR) is 101 cm³/mol. The summed E-state index contributed by atoms with van der Waals surface area (Å²) in [6.45, 7) is 2.24. The average molecular weight is 318 g/mol. The van der Waals surface area contributed by atoms with E-state index in [-0.39, 0.29) is 0 Å². The molecule has 0 spiro atoms. The summed E-state index contributed by atoms with van der Waals surface area (Å²) in [6, 6.07) is 28.5. The normalized spacial score (nSPS) is 10.2. The van der Waals surface area contributed by atoms with Crippen molar-refractivity contribution < 1.29 is 4.74 Å². The van der Waals surface area contributed by atoms with Gasteiger partial charge in [-0.1, -0.05) is 60.7 Å². The van der Waals surface area contributed by atoms with Gasteiger partial charge < -0.3 is 15.4 Å². The Bertz CT molecular complexity index is 729. The highest BCUT2D eigenvalue weighted by molar-refractivity contribution is 5.56. The Hall–Kier alpha value is -2.94. The first-order chi connectivity index (χ1) is 11.9. The van der Waals surface area contributed by atoms with Crippen LogP contribution in [0.5, 0.6) is 5.75 Å². The van der Waals surface area contributed by atoms with E-state index < -0.39 is 0 Å². The van der Waals surface area contributed by atoms with Crippen molar-refractivity contribution >= 4 is 11.4 Å². The van der Waals surface area contributed by atoms with Crippen molar-refractivity contribution in [1.82, 2.24) is 0 Å². The first kappa shape index (κ1) is 15.9. The van der Waals surface area contributed by atoms with Gasteiger partial charge in [-0.25, -0.2) is 0 Å². The van der Waals surface area contributed by atoms with Crippen LogP contribution < -0.4 is 15.4 Å². The Morgan fingerprint density at radius 2 is 1.25 bits per heavy atom. The van der Waals surface area contributed by atoms with Gasteiger partial charge in [-0.2, -0.15) is 0 Å². The third-order valence-electron chi connectivity index (χ3n) is 3.67. The van der Waals surface area contributed by atoms with E-state index in [0.29, 0.717) is 6.61 Å². The molecule has 0 saturated carbocycles. The summed E-state index contributed by atoms with van der Waals surface area (Å²) in [4.78, 5) is 0. The van der Waals surface area contributed by atoms with Gasteiger partial charge in [0.25, 0.3) is 0 Å². The minimum Gasteiger partial charge on any atom is -0.487 e. The number of para-hydroxylation sites is 3. The topological polar surface area (TPSA) is 33.3 Å². The Morgan fingerprint density at radius 1 is 0.625 bits per heavy atom. The average Bonchev–Trinajstić information content (AvgIpc) is 2.66. The zero-order chi connectivity index (χ0) is 16.5. The molecule has 0 atom stereocenters. The molecule has 0 radical (unpaired) electrons. The lowest BCUT2D eigenvalue weighted by atomic mass is 10.2. The first-order valence-electron chi connectivity index (χ1n) is 8.20. The van der Waals surface area contributed by atoms with Crippen LogP contribution in [0.4, 0.5) is 11.4 Å². The summed E-state index contributed by atoms with van der Waals surface area (Å²) in [6.07, 6.45) is 0. The fourth-order valence-corrected chi connectivity index (χ4v) is 2.43. The van der Waals surface area contributed by atoms with E-state index in [1.54, 1.807) is 0 Å². The van der Waals surface area contributed by atoms with Gasteiger partial charge in [0, 0.05) is 18.8 Å². The molecule has 0 unspecified atom stereocenters. The molecule has 3 aromatic carbocycles. The maximum atomic E-state index is 5.96. The maximum absolute atomic E-state index is 5.96. The number of nitrogens with one attached hydrogen (secondary N) is 2. The SMILES string of the molecule is c1ccc(COc2ccccc2NCCNc2ccccc2)cc1. The molecule has 0 amide bonds. The smallest absolute Gasteiger partial charge is 0.142 e. The van der Waals surface area contributed by atoms with Crippen LogP contribution in [0.3, 0.4) is 0 Å². The fourth-order valence-electron chi connectivity index (χ4n) is 2.43. The molecule has 3 heteroatoms. The van der Waals surface area contributed by atoms with E-state index in [1.165, 1.54) is 0 Å². The highest BCUT2D eigenvalue weighted by Gasteiger charge is 2.02. The van der Waals surface area contributed by atoms with Gasteiger partial charge in [-0.05, 0) is 29.8 Å². The summed E-state index contributed by atoms with van der Waals surface area (Å²) in [5.41, 5.74) is 3.31. The number of anilines is 2. The Labute approximate surface area is 143 Å². The summed E-state index contributed by atoms with van der Waals surface area (Å²) in [7, 11) is 0. The summed E-state index contributed by atoms with van der Waals surface area (Å²) >= 11 is 0. The van der Waals surface area contributed by atoms with Crippen LogP contribution in [0, 0.1) is 0 Å². The molecular weight excluding hydrogens is 296 g/mol. The lowest BCUT2D eigenvalue weighted by Crippen LogP contribution is -2.14. The second-order valence-corrected chi connectivity index (χ2v) is 5.49. The predicted octanol–water partition coefficient (Wildman–Crippen LogP) is 4.79. The molecule has 0 aromatic heterocycles. The number of benzene rings is 3. The van der Waals surface area contributed by atoms with Crippen molar-refractivity contribution in [2.75, 3.05) is 23.7 Å². The molecular formula is C21H22N2O. The molecule has 24 heavy (non-hydrogen) atoms. The Balaban J connectivity index is 1.50. The quantitative estimate of drug-likeness (QED) is 0.586. The van der Waals surface area contributed by atoms with E-state index in [0.717, 1.165) is 35.8 Å². The first-order valence-corrected chi connectivity index (χ1v) is 8.20. The lowest BCUT2D eigenvalue weighted by Gasteiger charge is -2.14. The van der Waals surface area contributed by atoms with Crippen LogP contribution in [0.1, 0.15) is 5.56 Å². The van der Waals surface area contributed by atoms with Crippen molar-refractivity contribution in [3.05, 3.63) is 90.5 Å². The van der Waals surface area contributed by atoms with Gasteiger partial charge in [-0.15, -0.1) is 0 Å². The highest BCUT2D eigenvalue weighted by Crippen LogP contribution is 2.24. The van der Waals surface area contributed by atoms with Crippen molar-refractivity contribution in [2.24, 2.45) is 0 Å². The zero-order valence-corrected chi connectivity index (χ0v) is 13.6. The molecule has 0 heterocycles. The van der Waals surface area contributed by atoms with Crippen LogP contribution in [0.15, 0.2) is 84.9 Å². The summed E-state index contributed by atoms with van der Waals surface area (Å²) < 4.78 is 5.96. The molecule has 0 aliphatic rings. The third kappa shape index (κ3) is 4.78. The van der Waals surface area contributed by atoms with Gasteiger partial charge in [0.05, 0.1) is 5.69 Å². The van der Waals surface area contributed by atoms with Gasteiger partial charge in [-0.3, -0.25) is 0 Å². The van der Waals surface area contributed by atoms with Gasteiger partial charge in [0.15, 0.2) is 0 Å². The standard InChI is InChI=1S/C21H22N2O/c1-3-9-18(10-4-1)17-24-21-14-8-7-13-20(21)23-16-15-22-19-11-5-2-6-12-19/h1-14,22-23H,15-17H2. The van der Waals surface area contributed by atoms with Crippen LogP contribution in [0.25, 0.3) is 0 Å². The highest BCUT2D eigenvalue weighted by atomic mass is 16.5. The molecule has 3 nitrogen and oxygen atoms in total. The minimum absolute atomic E-state index is 0.571. The Kier molecular flexibility index (Phi) is 5.73. The number of rotatable bonds is 8. The molecule has 3 rings (SSSR count). The number of hydrogen-bond donors (Lipinski definition) is 2. The van der Waals surface area contributed by atoms with E-state index in [1.807, 2.05) is 60.7 Å². The molecule has 0 saturated heterocycles. The molecule has 3 aromatic rings. The van der Waals surface area contributed by atoms with E-state index in [9.17, 15) is 0 Å². The van der Waals surface area contributed by atoms with Gasteiger partial charge in [0.1, 0.15) is 12.4 Å². The molecule has 0 fully saturated rings. The largest absolute Gasteiger partial charge is 0.487 e. The number of ether oxygens (including phenoxy) is 1. The third-order valence-corrected chi connectivity index (χ3v) is 3.67. The van der Waals surface area contributed by atoms with E-state index in [2.05, 4.69) is 34.9 Å². The lowest BCUT2D eigenvalue weighted by molar-refractivity contribution is 0.307. The van der Waals surface area contributed by atoms with Crippen molar-refractivity contribution in [1.29, 1.82) is 0 Å². The van der Waals surface area contributed by atoms with Gasteiger partial charge >= 0.3 is 0 Å². The second kappa shape index (κ2) is 8.63. The minimum atomic E-state index is 0.571. The molecule has 122 valence electrons. The van der Waals surface area contributed by atoms with Gasteiger partial charge in [0.2, 0.25) is 0 Å². The number of hydrogen-bond acceptors (Lipinski definition) is 3. The maximum Gasteiger partial charge on any atom is 0.142 e. The molecule has 0 aliphatic heterocycles. The molecule has 0 aliphatic carbocycles.